The number of hydrogen-bond acceptors (Lipinski definition) is 7. The first kappa shape index (κ1) is 19.4. The number of hydrogen-bond donors (Lipinski definition) is 1. The second-order valence-electron chi connectivity index (χ2n) is 6.20. The van der Waals surface area contributed by atoms with Crippen molar-refractivity contribution in [2.75, 3.05) is 0 Å². The van der Waals surface area contributed by atoms with Gasteiger partial charge in [0, 0.05) is 0 Å². The zero-order chi connectivity index (χ0) is 18.0. The molecule has 0 amide bonds. The number of oxime groups is 1. The van der Waals surface area contributed by atoms with E-state index in [9.17, 15) is 14.7 Å². The summed E-state index contributed by atoms with van der Waals surface area (Å²) in [4.78, 5) is 32.6. The van der Waals surface area contributed by atoms with E-state index in [1.165, 1.54) is 13.8 Å². The van der Waals surface area contributed by atoms with Gasteiger partial charge in [-0.05, 0) is 41.5 Å². The van der Waals surface area contributed by atoms with Gasteiger partial charge in [0.1, 0.15) is 15.6 Å². The summed E-state index contributed by atoms with van der Waals surface area (Å²) in [5.41, 5.74) is -2.64. The van der Waals surface area contributed by atoms with E-state index in [1.807, 2.05) is 0 Å². The monoisotopic (exact) mass is 362 g/mol. The molecule has 0 atom stereocenters. The maximum Gasteiger partial charge on any atom is 0.360 e. The van der Waals surface area contributed by atoms with Crippen LogP contribution in [0.15, 0.2) is 5.16 Å². The van der Waals surface area contributed by atoms with Crippen LogP contribution in [-0.4, -0.2) is 38.9 Å². The van der Waals surface area contributed by atoms with E-state index in [-0.39, 0.29) is 10.0 Å². The molecule has 0 spiro atoms. The lowest BCUT2D eigenvalue weighted by Crippen LogP contribution is -2.40. The van der Waals surface area contributed by atoms with Gasteiger partial charge in [-0.2, -0.15) is 0 Å². The molecule has 0 saturated carbocycles. The summed E-state index contributed by atoms with van der Waals surface area (Å²) in [6, 6.07) is 0. The van der Waals surface area contributed by atoms with E-state index in [4.69, 9.17) is 21.2 Å². The molecule has 9 heteroatoms. The van der Waals surface area contributed by atoms with Crippen LogP contribution in [0.2, 0.25) is 4.34 Å². The number of ether oxygens (including phenoxy) is 1. The van der Waals surface area contributed by atoms with Crippen molar-refractivity contribution in [2.45, 2.75) is 52.7 Å². The number of rotatable bonds is 5. The third kappa shape index (κ3) is 5.47. The number of aromatic nitrogens is 1. The standard InChI is InChI=1S/C14H19ClN2O5S/c1-7-16-8(10(15)23-7)9(11(18)19)17-22-14(5,6)12(20)21-13(2,3)4/h1-6H3,(H,18,19)/b17-9-. The predicted molar refractivity (Wildman–Crippen MR) is 87.0 cm³/mol. The number of carbonyl (C=O) groups is 2. The van der Waals surface area contributed by atoms with Gasteiger partial charge in [0.25, 0.3) is 0 Å². The summed E-state index contributed by atoms with van der Waals surface area (Å²) >= 11 is 7.07. The van der Waals surface area contributed by atoms with E-state index >= 15 is 0 Å². The van der Waals surface area contributed by atoms with Crippen molar-refractivity contribution in [1.82, 2.24) is 4.98 Å². The van der Waals surface area contributed by atoms with E-state index in [0.29, 0.717) is 5.01 Å². The second-order valence-corrected chi connectivity index (χ2v) is 8.01. The lowest BCUT2D eigenvalue weighted by Gasteiger charge is -2.26. The van der Waals surface area contributed by atoms with Gasteiger partial charge in [-0.3, -0.25) is 0 Å². The molecular weight excluding hydrogens is 344 g/mol. The molecule has 1 heterocycles. The first-order valence-corrected chi connectivity index (χ1v) is 7.89. The minimum absolute atomic E-state index is 0.00153. The number of thiazole rings is 1. The largest absolute Gasteiger partial charge is 0.476 e. The van der Waals surface area contributed by atoms with Crippen molar-refractivity contribution in [3.8, 4) is 0 Å². The van der Waals surface area contributed by atoms with Crippen LogP contribution >= 0.6 is 22.9 Å². The van der Waals surface area contributed by atoms with E-state index in [1.54, 1.807) is 27.7 Å². The smallest absolute Gasteiger partial charge is 0.360 e. The molecule has 7 nitrogen and oxygen atoms in total. The fraction of sp³-hybridized carbons (Fsp3) is 0.571. The van der Waals surface area contributed by atoms with E-state index in [0.717, 1.165) is 11.3 Å². The van der Waals surface area contributed by atoms with Crippen LogP contribution in [0.3, 0.4) is 0 Å². The summed E-state index contributed by atoms with van der Waals surface area (Å²) in [6.07, 6.45) is 0. The van der Waals surface area contributed by atoms with Gasteiger partial charge in [-0.25, -0.2) is 14.6 Å². The Labute approximate surface area is 143 Å². The van der Waals surface area contributed by atoms with Crippen molar-refractivity contribution in [1.29, 1.82) is 0 Å². The number of aliphatic carboxylic acids is 1. The lowest BCUT2D eigenvalue weighted by molar-refractivity contribution is -0.179. The molecule has 0 aliphatic rings. The Bertz CT molecular complexity index is 646. The number of esters is 1. The highest BCUT2D eigenvalue weighted by molar-refractivity contribution is 7.16. The average molecular weight is 363 g/mol. The molecule has 0 aromatic carbocycles. The minimum Gasteiger partial charge on any atom is -0.476 e. The lowest BCUT2D eigenvalue weighted by atomic mass is 10.1. The van der Waals surface area contributed by atoms with E-state index in [2.05, 4.69) is 10.1 Å². The minimum atomic E-state index is -1.47. The molecule has 23 heavy (non-hydrogen) atoms. The Morgan fingerprint density at radius 3 is 2.22 bits per heavy atom. The highest BCUT2D eigenvalue weighted by Gasteiger charge is 2.36. The first-order valence-electron chi connectivity index (χ1n) is 6.69. The van der Waals surface area contributed by atoms with Crippen molar-refractivity contribution in [2.24, 2.45) is 5.16 Å². The van der Waals surface area contributed by atoms with Gasteiger partial charge >= 0.3 is 11.9 Å². The molecular formula is C14H19ClN2O5S. The maximum atomic E-state index is 12.1. The van der Waals surface area contributed by atoms with Crippen LogP contribution in [0.25, 0.3) is 0 Å². The Morgan fingerprint density at radius 1 is 1.26 bits per heavy atom. The van der Waals surface area contributed by atoms with Gasteiger partial charge in [0.05, 0.1) is 5.01 Å². The fourth-order valence-corrected chi connectivity index (χ4v) is 2.43. The first-order chi connectivity index (χ1) is 10.3. The average Bonchev–Trinajstić information content (AvgIpc) is 2.66. The number of carboxylic acids is 1. The van der Waals surface area contributed by atoms with Gasteiger partial charge < -0.3 is 14.7 Å². The summed E-state index contributed by atoms with van der Waals surface area (Å²) in [6.45, 7) is 9.68. The molecule has 1 aromatic rings. The normalized spacial score (nSPS) is 12.9. The summed E-state index contributed by atoms with van der Waals surface area (Å²) in [5, 5.41) is 13.4. The van der Waals surface area contributed by atoms with Crippen LogP contribution < -0.4 is 0 Å². The highest BCUT2D eigenvalue weighted by Crippen LogP contribution is 2.25. The molecule has 1 rings (SSSR count). The third-order valence-corrected chi connectivity index (χ3v) is 3.54. The Kier molecular flexibility index (Phi) is 5.76. The number of aryl methyl sites for hydroxylation is 1. The molecule has 1 N–H and O–H groups in total. The molecule has 0 radical (unpaired) electrons. The van der Waals surface area contributed by atoms with Crippen LogP contribution in [0.1, 0.15) is 45.3 Å². The van der Waals surface area contributed by atoms with Crippen molar-refractivity contribution in [3.05, 3.63) is 15.0 Å². The van der Waals surface area contributed by atoms with Crippen LogP contribution in [0, 0.1) is 6.92 Å². The van der Waals surface area contributed by atoms with Crippen molar-refractivity contribution in [3.63, 3.8) is 0 Å². The topological polar surface area (TPSA) is 98.1 Å². The van der Waals surface area contributed by atoms with E-state index < -0.39 is 28.9 Å². The molecule has 0 aliphatic carbocycles. The number of carboxylic acid groups (broad SMARTS) is 1. The van der Waals surface area contributed by atoms with Crippen LogP contribution in [0.5, 0.6) is 0 Å². The van der Waals surface area contributed by atoms with Gasteiger partial charge in [0.2, 0.25) is 11.3 Å². The number of nitrogens with zero attached hydrogens (tertiary/aromatic N) is 2. The number of carbonyl (C=O) groups excluding carboxylic acids is 1. The Hall–Kier alpha value is -1.67. The quantitative estimate of drug-likeness (QED) is 0.491. The maximum absolute atomic E-state index is 12.1. The summed E-state index contributed by atoms with van der Waals surface area (Å²) < 4.78 is 5.39. The third-order valence-electron chi connectivity index (χ3n) is 2.38. The second kappa shape index (κ2) is 6.84. The van der Waals surface area contributed by atoms with Crippen LogP contribution in [-0.2, 0) is 19.2 Å². The summed E-state index contributed by atoms with van der Waals surface area (Å²) in [5.74, 6) is -2.03. The summed E-state index contributed by atoms with van der Waals surface area (Å²) in [7, 11) is 0. The number of halogens is 1. The van der Waals surface area contributed by atoms with Gasteiger partial charge in [0.15, 0.2) is 0 Å². The van der Waals surface area contributed by atoms with Crippen molar-refractivity contribution >= 4 is 40.6 Å². The molecule has 0 aliphatic heterocycles. The van der Waals surface area contributed by atoms with Gasteiger partial charge in [-0.1, -0.05) is 16.8 Å². The molecule has 0 bridgehead atoms. The predicted octanol–water partition coefficient (Wildman–Crippen LogP) is 3.03. The van der Waals surface area contributed by atoms with Crippen LogP contribution in [0.4, 0.5) is 0 Å². The molecule has 0 fully saturated rings. The molecule has 0 unspecified atom stereocenters. The fourth-order valence-electron chi connectivity index (χ4n) is 1.33. The Balaban J connectivity index is 3.04. The molecule has 0 saturated heterocycles. The highest BCUT2D eigenvalue weighted by atomic mass is 35.5. The van der Waals surface area contributed by atoms with Gasteiger partial charge in [-0.15, -0.1) is 11.3 Å². The van der Waals surface area contributed by atoms with Crippen molar-refractivity contribution < 1.29 is 24.3 Å². The SMILES string of the molecule is Cc1nc(/C(=N/OC(C)(C)C(=O)OC(C)(C)C)C(=O)O)c(Cl)s1. The molecule has 1 aromatic heterocycles. The zero-order valence-corrected chi connectivity index (χ0v) is 15.3. The zero-order valence-electron chi connectivity index (χ0n) is 13.8. The Morgan fingerprint density at radius 2 is 1.83 bits per heavy atom. The molecule has 128 valence electrons.